The van der Waals surface area contributed by atoms with E-state index in [-0.39, 0.29) is 0 Å². The lowest BCUT2D eigenvalue weighted by Gasteiger charge is -2.28. The van der Waals surface area contributed by atoms with E-state index in [0.29, 0.717) is 0 Å². The number of fused-ring (bicyclic) bond motifs is 1. The first-order valence-electron chi connectivity index (χ1n) is 5.62. The zero-order valence-corrected chi connectivity index (χ0v) is 10.9. The summed E-state index contributed by atoms with van der Waals surface area (Å²) >= 11 is 3.51. The van der Waals surface area contributed by atoms with Crippen LogP contribution in [0.15, 0.2) is 41.1 Å². The molecule has 0 spiro atoms. The van der Waals surface area contributed by atoms with Crippen LogP contribution in [0.1, 0.15) is 11.1 Å². The predicted octanol–water partition coefficient (Wildman–Crippen LogP) is 2.80. The highest BCUT2D eigenvalue weighted by atomic mass is 79.9. The van der Waals surface area contributed by atoms with Crippen LogP contribution in [-0.4, -0.2) is 16.5 Å². The molecule has 3 rings (SSSR count). The quantitative estimate of drug-likeness (QED) is 0.808. The second-order valence-corrected chi connectivity index (χ2v) is 5.05. The minimum absolute atomic E-state index is 0.820. The van der Waals surface area contributed by atoms with Crippen molar-refractivity contribution in [1.82, 2.24) is 9.97 Å². The van der Waals surface area contributed by atoms with Gasteiger partial charge in [-0.25, -0.2) is 9.97 Å². The van der Waals surface area contributed by atoms with E-state index in [9.17, 15) is 0 Å². The van der Waals surface area contributed by atoms with Gasteiger partial charge in [0.2, 0.25) is 5.95 Å². The van der Waals surface area contributed by atoms with Gasteiger partial charge in [0.15, 0.2) is 0 Å². The first-order valence-corrected chi connectivity index (χ1v) is 6.41. The van der Waals surface area contributed by atoms with Crippen molar-refractivity contribution in [2.24, 2.45) is 0 Å². The number of aromatic nitrogens is 2. The lowest BCUT2D eigenvalue weighted by atomic mass is 10.0. The Labute approximate surface area is 109 Å². The number of benzene rings is 1. The molecular formula is C13H12BrN3. The number of hydrogen-bond donors (Lipinski definition) is 0. The van der Waals surface area contributed by atoms with Gasteiger partial charge in [-0.3, -0.25) is 0 Å². The van der Waals surface area contributed by atoms with Crippen molar-refractivity contribution in [3.63, 3.8) is 0 Å². The van der Waals surface area contributed by atoms with Crippen molar-refractivity contribution in [2.75, 3.05) is 11.4 Å². The van der Waals surface area contributed by atoms with Gasteiger partial charge in [-0.15, -0.1) is 0 Å². The number of rotatable bonds is 1. The van der Waals surface area contributed by atoms with E-state index in [1.165, 1.54) is 11.1 Å². The summed E-state index contributed by atoms with van der Waals surface area (Å²) in [4.78, 5) is 10.8. The molecule has 0 atom stereocenters. The summed E-state index contributed by atoms with van der Waals surface area (Å²) in [5.74, 6) is 0.820. The van der Waals surface area contributed by atoms with Gasteiger partial charge in [-0.05, 0) is 35.7 Å². The van der Waals surface area contributed by atoms with Crippen LogP contribution < -0.4 is 4.90 Å². The molecule has 1 aromatic heterocycles. The molecule has 3 nitrogen and oxygen atoms in total. The van der Waals surface area contributed by atoms with E-state index in [0.717, 1.165) is 29.9 Å². The Bertz CT molecular complexity index is 527. The van der Waals surface area contributed by atoms with Crippen LogP contribution in [0, 0.1) is 0 Å². The first-order chi connectivity index (χ1) is 8.33. The maximum absolute atomic E-state index is 4.30. The Balaban J connectivity index is 1.88. The predicted molar refractivity (Wildman–Crippen MR) is 70.9 cm³/mol. The van der Waals surface area contributed by atoms with Crippen LogP contribution in [0.25, 0.3) is 0 Å². The molecule has 0 unspecified atom stereocenters. The average molecular weight is 290 g/mol. The van der Waals surface area contributed by atoms with Crippen molar-refractivity contribution in [1.29, 1.82) is 0 Å². The number of nitrogens with zero attached hydrogens (tertiary/aromatic N) is 3. The summed E-state index contributed by atoms with van der Waals surface area (Å²) in [6.45, 7) is 1.88. The largest absolute Gasteiger partial charge is 0.336 e. The smallest absolute Gasteiger partial charge is 0.225 e. The van der Waals surface area contributed by atoms with E-state index in [2.05, 4.69) is 49.0 Å². The van der Waals surface area contributed by atoms with E-state index >= 15 is 0 Å². The van der Waals surface area contributed by atoms with Crippen molar-refractivity contribution in [3.8, 4) is 0 Å². The van der Waals surface area contributed by atoms with Crippen molar-refractivity contribution >= 4 is 21.9 Å². The van der Waals surface area contributed by atoms with Gasteiger partial charge in [0, 0.05) is 30.0 Å². The van der Waals surface area contributed by atoms with E-state index in [1.54, 1.807) is 12.4 Å². The van der Waals surface area contributed by atoms with Gasteiger partial charge in [-0.2, -0.15) is 0 Å². The maximum Gasteiger partial charge on any atom is 0.225 e. The molecule has 0 amide bonds. The van der Waals surface area contributed by atoms with Crippen molar-refractivity contribution < 1.29 is 0 Å². The molecule has 0 saturated carbocycles. The minimum Gasteiger partial charge on any atom is -0.336 e. The van der Waals surface area contributed by atoms with Gasteiger partial charge in [0.25, 0.3) is 0 Å². The third-order valence-corrected chi connectivity index (χ3v) is 3.51. The van der Waals surface area contributed by atoms with Crippen molar-refractivity contribution in [3.05, 3.63) is 52.3 Å². The number of halogens is 1. The highest BCUT2D eigenvalue weighted by molar-refractivity contribution is 9.10. The fraction of sp³-hybridized carbons (Fsp3) is 0.231. The Morgan fingerprint density at radius 2 is 1.94 bits per heavy atom. The van der Waals surface area contributed by atoms with E-state index < -0.39 is 0 Å². The second kappa shape index (κ2) is 4.45. The van der Waals surface area contributed by atoms with E-state index in [1.807, 2.05) is 6.07 Å². The highest BCUT2D eigenvalue weighted by Crippen LogP contribution is 2.24. The summed E-state index contributed by atoms with van der Waals surface area (Å²) in [5.41, 5.74) is 2.79. The fourth-order valence-electron chi connectivity index (χ4n) is 2.15. The minimum atomic E-state index is 0.820. The molecule has 4 heteroatoms. The zero-order valence-electron chi connectivity index (χ0n) is 9.31. The molecule has 0 fully saturated rings. The molecule has 0 radical (unpaired) electrons. The van der Waals surface area contributed by atoms with Gasteiger partial charge < -0.3 is 4.90 Å². The third kappa shape index (κ3) is 2.17. The fourth-order valence-corrected chi connectivity index (χ4v) is 2.56. The first kappa shape index (κ1) is 10.7. The molecule has 0 saturated heterocycles. The second-order valence-electron chi connectivity index (χ2n) is 4.13. The van der Waals surface area contributed by atoms with Crippen LogP contribution >= 0.6 is 15.9 Å². The maximum atomic E-state index is 4.30. The van der Waals surface area contributed by atoms with Gasteiger partial charge >= 0.3 is 0 Å². The SMILES string of the molecule is Brc1ccc2c(c1)CCN(c1ncccn1)C2. The molecule has 1 aliphatic rings. The lowest BCUT2D eigenvalue weighted by Crippen LogP contribution is -2.31. The summed E-state index contributed by atoms with van der Waals surface area (Å²) in [5, 5.41) is 0. The molecule has 1 aromatic carbocycles. The summed E-state index contributed by atoms with van der Waals surface area (Å²) in [7, 11) is 0. The van der Waals surface area contributed by atoms with Crippen LogP contribution in [0.2, 0.25) is 0 Å². The molecule has 2 aromatic rings. The van der Waals surface area contributed by atoms with E-state index in [4.69, 9.17) is 0 Å². The van der Waals surface area contributed by atoms with Gasteiger partial charge in [0.05, 0.1) is 0 Å². The van der Waals surface area contributed by atoms with Gasteiger partial charge in [0.1, 0.15) is 0 Å². The molecule has 1 aliphatic heterocycles. The summed E-state index contributed by atoms with van der Waals surface area (Å²) in [6.07, 6.45) is 4.63. The van der Waals surface area contributed by atoms with Crippen molar-refractivity contribution in [2.45, 2.75) is 13.0 Å². The molecule has 0 aliphatic carbocycles. The van der Waals surface area contributed by atoms with Crippen LogP contribution in [0.4, 0.5) is 5.95 Å². The summed E-state index contributed by atoms with van der Waals surface area (Å²) in [6, 6.07) is 8.32. The highest BCUT2D eigenvalue weighted by Gasteiger charge is 2.17. The standard InChI is InChI=1S/C13H12BrN3/c14-12-3-2-11-9-17(7-4-10(11)8-12)13-15-5-1-6-16-13/h1-3,5-6,8H,4,7,9H2. The Hall–Kier alpha value is -1.42. The molecule has 2 heterocycles. The average Bonchev–Trinajstić information content (AvgIpc) is 2.39. The molecular weight excluding hydrogens is 278 g/mol. The van der Waals surface area contributed by atoms with Crippen LogP contribution in [0.5, 0.6) is 0 Å². The monoisotopic (exact) mass is 289 g/mol. The van der Waals surface area contributed by atoms with Gasteiger partial charge in [-0.1, -0.05) is 22.0 Å². The van der Waals surface area contributed by atoms with Crippen LogP contribution in [0.3, 0.4) is 0 Å². The topological polar surface area (TPSA) is 29.0 Å². The molecule has 0 bridgehead atoms. The Morgan fingerprint density at radius 1 is 1.12 bits per heavy atom. The Kier molecular flexibility index (Phi) is 2.81. The summed E-state index contributed by atoms with van der Waals surface area (Å²) < 4.78 is 1.15. The Morgan fingerprint density at radius 3 is 2.76 bits per heavy atom. The molecule has 86 valence electrons. The lowest BCUT2D eigenvalue weighted by molar-refractivity contribution is 0.707. The molecule has 0 N–H and O–H groups in total. The zero-order chi connectivity index (χ0) is 11.7. The number of hydrogen-bond acceptors (Lipinski definition) is 3. The number of anilines is 1. The third-order valence-electron chi connectivity index (χ3n) is 3.02. The molecule has 17 heavy (non-hydrogen) atoms. The normalized spacial score (nSPS) is 14.5. The van der Waals surface area contributed by atoms with Crippen LogP contribution in [-0.2, 0) is 13.0 Å².